The number of carbonyl (C=O) groups is 1. The summed E-state index contributed by atoms with van der Waals surface area (Å²) in [5.41, 5.74) is 1.87. The van der Waals surface area contributed by atoms with Crippen LogP contribution in [-0.4, -0.2) is 64.9 Å². The number of aromatic nitrogens is 2. The molecule has 0 radical (unpaired) electrons. The van der Waals surface area contributed by atoms with E-state index in [1.165, 1.54) is 25.3 Å². The van der Waals surface area contributed by atoms with Gasteiger partial charge in [0.2, 0.25) is 0 Å². The molecular weight excluding hydrogens is 351 g/mol. The van der Waals surface area contributed by atoms with Crippen molar-refractivity contribution in [2.45, 2.75) is 25.6 Å². The van der Waals surface area contributed by atoms with Crippen LogP contribution in [0.15, 0.2) is 24.3 Å². The van der Waals surface area contributed by atoms with Gasteiger partial charge in [0.15, 0.2) is 11.6 Å². The maximum atomic E-state index is 13.6. The average molecular weight is 376 g/mol. The highest BCUT2D eigenvalue weighted by molar-refractivity contribution is 5.94. The first-order valence-electron chi connectivity index (χ1n) is 8.91. The van der Waals surface area contributed by atoms with Crippen molar-refractivity contribution in [2.24, 2.45) is 0 Å². The van der Waals surface area contributed by atoms with Gasteiger partial charge >= 0.3 is 0 Å². The van der Waals surface area contributed by atoms with Crippen LogP contribution >= 0.6 is 0 Å². The fourth-order valence-electron chi connectivity index (χ4n) is 3.24. The second kappa shape index (κ2) is 8.06. The molecule has 146 valence electrons. The molecule has 0 fully saturated rings. The average Bonchev–Trinajstić information content (AvgIpc) is 2.93. The van der Waals surface area contributed by atoms with Gasteiger partial charge in [0.1, 0.15) is 6.10 Å². The van der Waals surface area contributed by atoms with Crippen molar-refractivity contribution in [1.82, 2.24) is 19.6 Å². The number of hydrogen-bond acceptors (Lipinski definition) is 5. The molecule has 1 aromatic carbocycles. The molecule has 7 nitrogen and oxygen atoms in total. The van der Waals surface area contributed by atoms with E-state index in [2.05, 4.69) is 5.10 Å². The van der Waals surface area contributed by atoms with Gasteiger partial charge in [-0.05, 0) is 44.8 Å². The second-order valence-electron chi connectivity index (χ2n) is 6.99. The van der Waals surface area contributed by atoms with E-state index in [1.807, 2.05) is 29.7 Å². The summed E-state index contributed by atoms with van der Waals surface area (Å²) in [4.78, 5) is 16.5. The monoisotopic (exact) mass is 376 g/mol. The van der Waals surface area contributed by atoms with Crippen LogP contribution < -0.4 is 4.74 Å². The lowest BCUT2D eigenvalue weighted by molar-refractivity contribution is 0.0745. The molecule has 1 aliphatic heterocycles. The zero-order chi connectivity index (χ0) is 19.6. The van der Waals surface area contributed by atoms with Crippen LogP contribution in [0.3, 0.4) is 0 Å². The Hall–Kier alpha value is -2.45. The minimum atomic E-state index is -0.676. The lowest BCUT2D eigenvalue weighted by Gasteiger charge is -2.20. The maximum Gasteiger partial charge on any atom is 0.254 e. The number of amides is 1. The number of ether oxygens (including phenoxy) is 1. The molecule has 0 saturated carbocycles. The third-order valence-corrected chi connectivity index (χ3v) is 4.60. The Kier molecular flexibility index (Phi) is 5.76. The maximum absolute atomic E-state index is 13.6. The number of methoxy groups -OCH3 is 1. The van der Waals surface area contributed by atoms with E-state index in [1.54, 1.807) is 4.90 Å². The van der Waals surface area contributed by atoms with Gasteiger partial charge in [0, 0.05) is 25.2 Å². The number of nitrogens with zero attached hydrogens (tertiary/aromatic N) is 4. The van der Waals surface area contributed by atoms with E-state index in [0.717, 1.165) is 12.1 Å². The number of benzene rings is 1. The van der Waals surface area contributed by atoms with Gasteiger partial charge < -0.3 is 19.6 Å². The Morgan fingerprint density at radius 3 is 2.85 bits per heavy atom. The molecule has 0 bridgehead atoms. The molecule has 27 heavy (non-hydrogen) atoms. The molecule has 1 N–H and O–H groups in total. The topological polar surface area (TPSA) is 70.8 Å². The van der Waals surface area contributed by atoms with Crippen LogP contribution in [0.2, 0.25) is 0 Å². The van der Waals surface area contributed by atoms with Gasteiger partial charge in [-0.1, -0.05) is 0 Å². The number of fused-ring (bicyclic) bond motifs is 1. The Morgan fingerprint density at radius 2 is 2.15 bits per heavy atom. The summed E-state index contributed by atoms with van der Waals surface area (Å²) in [5.74, 6) is -0.629. The number of aliphatic hydroxyl groups excluding tert-OH is 1. The first-order valence-corrected chi connectivity index (χ1v) is 8.91. The van der Waals surface area contributed by atoms with Crippen molar-refractivity contribution in [1.29, 1.82) is 0 Å². The van der Waals surface area contributed by atoms with Crippen LogP contribution in [0.4, 0.5) is 4.39 Å². The highest BCUT2D eigenvalue weighted by Gasteiger charge is 2.24. The molecule has 3 rings (SSSR count). The smallest absolute Gasteiger partial charge is 0.254 e. The van der Waals surface area contributed by atoms with Crippen molar-refractivity contribution in [3.05, 3.63) is 47.0 Å². The summed E-state index contributed by atoms with van der Waals surface area (Å²) in [7, 11) is 5.15. The Balaban J connectivity index is 1.79. The van der Waals surface area contributed by atoms with Gasteiger partial charge in [0.05, 0.1) is 25.0 Å². The minimum Gasteiger partial charge on any atom is -0.494 e. The van der Waals surface area contributed by atoms with E-state index in [4.69, 9.17) is 4.74 Å². The normalized spacial score (nSPS) is 15.4. The van der Waals surface area contributed by atoms with Gasteiger partial charge in [0.25, 0.3) is 5.91 Å². The molecular formula is C19H25FN4O3. The summed E-state index contributed by atoms with van der Waals surface area (Å²) < 4.78 is 20.4. The summed E-state index contributed by atoms with van der Waals surface area (Å²) in [6.45, 7) is 2.13. The standard InChI is InChI=1S/C19H25FN4O3/c1-22(2)12-17(25)16-10-14-11-23(7-4-8-24(14)21-16)19(26)13-5-6-15(20)18(9-13)27-3/h5-6,9-10,17,25H,4,7-8,11-12H2,1-3H3/t17-/m1/s1. The molecule has 1 atom stereocenters. The van der Waals surface area contributed by atoms with Crippen molar-refractivity contribution in [2.75, 3.05) is 34.3 Å². The molecule has 1 aliphatic rings. The SMILES string of the molecule is COc1cc(C(=O)N2CCCn3nc([C@H](O)CN(C)C)cc3C2)ccc1F. The van der Waals surface area contributed by atoms with E-state index in [0.29, 0.717) is 37.4 Å². The highest BCUT2D eigenvalue weighted by atomic mass is 19.1. The summed E-state index contributed by atoms with van der Waals surface area (Å²) in [6.07, 6.45) is 0.0760. The lowest BCUT2D eigenvalue weighted by Crippen LogP contribution is -2.30. The fraction of sp³-hybridized carbons (Fsp3) is 0.474. The number of carbonyl (C=O) groups excluding carboxylic acids is 1. The van der Waals surface area contributed by atoms with Crippen molar-refractivity contribution < 1.29 is 19.0 Å². The third-order valence-electron chi connectivity index (χ3n) is 4.60. The van der Waals surface area contributed by atoms with E-state index < -0.39 is 11.9 Å². The van der Waals surface area contributed by atoms with E-state index >= 15 is 0 Å². The van der Waals surface area contributed by atoms with Gasteiger partial charge in [-0.3, -0.25) is 9.48 Å². The van der Waals surface area contributed by atoms with Crippen molar-refractivity contribution in [3.63, 3.8) is 0 Å². The van der Waals surface area contributed by atoms with Crippen LogP contribution in [-0.2, 0) is 13.1 Å². The van der Waals surface area contributed by atoms with E-state index in [-0.39, 0.29) is 11.7 Å². The largest absolute Gasteiger partial charge is 0.494 e. The molecule has 0 saturated heterocycles. The Morgan fingerprint density at radius 1 is 1.37 bits per heavy atom. The Bertz CT molecular complexity index is 821. The van der Waals surface area contributed by atoms with Crippen molar-refractivity contribution in [3.8, 4) is 5.75 Å². The summed E-state index contributed by atoms with van der Waals surface area (Å²) >= 11 is 0. The number of aryl methyl sites for hydroxylation is 1. The molecule has 2 aromatic rings. The van der Waals surface area contributed by atoms with Gasteiger partial charge in [-0.2, -0.15) is 5.10 Å². The lowest BCUT2D eigenvalue weighted by atomic mass is 10.1. The predicted molar refractivity (Wildman–Crippen MR) is 98.1 cm³/mol. The molecule has 0 aliphatic carbocycles. The van der Waals surface area contributed by atoms with Crippen LogP contribution in [0.1, 0.15) is 34.3 Å². The quantitative estimate of drug-likeness (QED) is 0.860. The van der Waals surface area contributed by atoms with Crippen molar-refractivity contribution >= 4 is 5.91 Å². The van der Waals surface area contributed by atoms with Gasteiger partial charge in [-0.15, -0.1) is 0 Å². The Labute approximate surface area is 157 Å². The molecule has 0 unspecified atom stereocenters. The van der Waals surface area contributed by atoms with Crippen LogP contribution in [0, 0.1) is 5.82 Å². The second-order valence-corrected chi connectivity index (χ2v) is 6.99. The first-order chi connectivity index (χ1) is 12.9. The van der Waals surface area contributed by atoms with E-state index in [9.17, 15) is 14.3 Å². The number of likely N-dealkylation sites (N-methyl/N-ethyl adjacent to an activating group) is 1. The minimum absolute atomic E-state index is 0.0507. The first kappa shape index (κ1) is 19.3. The number of hydrogen-bond donors (Lipinski definition) is 1. The number of halogens is 1. The molecule has 2 heterocycles. The van der Waals surface area contributed by atoms with Crippen LogP contribution in [0.5, 0.6) is 5.75 Å². The highest BCUT2D eigenvalue weighted by Crippen LogP contribution is 2.23. The molecule has 8 heteroatoms. The molecule has 0 spiro atoms. The summed E-state index contributed by atoms with van der Waals surface area (Å²) in [5, 5.41) is 14.8. The number of rotatable bonds is 5. The summed E-state index contributed by atoms with van der Waals surface area (Å²) in [6, 6.07) is 5.98. The predicted octanol–water partition coefficient (Wildman–Crippen LogP) is 1.67. The van der Waals surface area contributed by atoms with Gasteiger partial charge in [-0.25, -0.2) is 4.39 Å². The molecule has 1 amide bonds. The van der Waals surface area contributed by atoms with Crippen LogP contribution in [0.25, 0.3) is 0 Å². The zero-order valence-corrected chi connectivity index (χ0v) is 15.9. The zero-order valence-electron chi connectivity index (χ0n) is 15.9. The molecule has 1 aromatic heterocycles. The third kappa shape index (κ3) is 4.28. The number of aliphatic hydroxyl groups is 1. The fourth-order valence-corrected chi connectivity index (χ4v) is 3.24.